The summed E-state index contributed by atoms with van der Waals surface area (Å²) >= 11 is 0. The number of carbonyl (C=O) groups is 1. The lowest BCUT2D eigenvalue weighted by Gasteiger charge is -2.27. The monoisotopic (exact) mass is 288 g/mol. The van der Waals surface area contributed by atoms with Gasteiger partial charge in [-0.15, -0.1) is 0 Å². The second-order valence-electron chi connectivity index (χ2n) is 6.16. The Kier molecular flexibility index (Phi) is 4.44. The molecule has 4 nitrogen and oxygen atoms in total. The number of rotatable bonds is 3. The van der Waals surface area contributed by atoms with Crippen LogP contribution in [0.2, 0.25) is 0 Å². The second kappa shape index (κ2) is 6.48. The van der Waals surface area contributed by atoms with Crippen LogP contribution in [-0.2, 0) is 16.0 Å². The number of anilines is 2. The van der Waals surface area contributed by atoms with Crippen molar-refractivity contribution in [3.05, 3.63) is 23.8 Å². The van der Waals surface area contributed by atoms with E-state index >= 15 is 0 Å². The number of nitrogens with one attached hydrogen (secondary N) is 2. The molecule has 0 saturated carbocycles. The summed E-state index contributed by atoms with van der Waals surface area (Å²) in [6.45, 7) is 2.97. The molecule has 3 rings (SSSR count). The summed E-state index contributed by atoms with van der Waals surface area (Å²) in [5.74, 6) is 0.0512. The standard InChI is InChI=1S/C17H24N2O2/c1-12-8-9-13-5-4-7-15(17(13)18-12)19-16(20)11-14-6-2-3-10-21-14/h4-5,7,12,14,18H,2-3,6,8-11H2,1H3,(H,19,20). The molecule has 0 aliphatic carbocycles. The molecule has 0 bridgehead atoms. The van der Waals surface area contributed by atoms with Gasteiger partial charge in [0.25, 0.3) is 0 Å². The summed E-state index contributed by atoms with van der Waals surface area (Å²) in [6, 6.07) is 6.58. The minimum atomic E-state index is 0.0512. The number of ether oxygens (including phenoxy) is 1. The molecule has 2 heterocycles. The number of benzene rings is 1. The first kappa shape index (κ1) is 14.4. The maximum Gasteiger partial charge on any atom is 0.227 e. The molecule has 0 aromatic heterocycles. The number of amides is 1. The van der Waals surface area contributed by atoms with Gasteiger partial charge in [-0.2, -0.15) is 0 Å². The van der Waals surface area contributed by atoms with Gasteiger partial charge in [0.05, 0.1) is 23.9 Å². The van der Waals surface area contributed by atoms with Crippen molar-refractivity contribution in [3.63, 3.8) is 0 Å². The molecule has 2 N–H and O–H groups in total. The van der Waals surface area contributed by atoms with Gasteiger partial charge >= 0.3 is 0 Å². The zero-order chi connectivity index (χ0) is 14.7. The quantitative estimate of drug-likeness (QED) is 0.897. The fraction of sp³-hybridized carbons (Fsp3) is 0.588. The topological polar surface area (TPSA) is 50.4 Å². The molecule has 2 aliphatic rings. The Balaban J connectivity index is 1.65. The highest BCUT2D eigenvalue weighted by Crippen LogP contribution is 2.32. The Morgan fingerprint density at radius 1 is 1.38 bits per heavy atom. The second-order valence-corrected chi connectivity index (χ2v) is 6.16. The summed E-state index contributed by atoms with van der Waals surface area (Å²) in [4.78, 5) is 12.2. The first-order chi connectivity index (χ1) is 10.2. The minimum absolute atomic E-state index is 0.0512. The number of carbonyl (C=O) groups excluding carboxylic acids is 1. The average molecular weight is 288 g/mol. The Bertz CT molecular complexity index is 510. The van der Waals surface area contributed by atoms with Gasteiger partial charge in [0, 0.05) is 12.6 Å². The molecule has 21 heavy (non-hydrogen) atoms. The molecule has 4 heteroatoms. The van der Waals surface area contributed by atoms with E-state index in [1.54, 1.807) is 0 Å². The molecule has 1 saturated heterocycles. The van der Waals surface area contributed by atoms with Crippen LogP contribution < -0.4 is 10.6 Å². The maximum atomic E-state index is 12.2. The van der Waals surface area contributed by atoms with Gasteiger partial charge in [0.2, 0.25) is 5.91 Å². The van der Waals surface area contributed by atoms with Crippen LogP contribution in [0.5, 0.6) is 0 Å². The third-order valence-electron chi connectivity index (χ3n) is 4.35. The van der Waals surface area contributed by atoms with Gasteiger partial charge in [0.15, 0.2) is 0 Å². The predicted octanol–water partition coefficient (Wildman–Crippen LogP) is 3.33. The van der Waals surface area contributed by atoms with Gasteiger partial charge in [-0.1, -0.05) is 12.1 Å². The van der Waals surface area contributed by atoms with Crippen molar-refractivity contribution in [2.75, 3.05) is 17.2 Å². The van der Waals surface area contributed by atoms with E-state index in [-0.39, 0.29) is 12.0 Å². The molecule has 0 spiro atoms. The van der Waals surface area contributed by atoms with E-state index in [0.29, 0.717) is 12.5 Å². The van der Waals surface area contributed by atoms with Crippen LogP contribution in [0.15, 0.2) is 18.2 Å². The van der Waals surface area contributed by atoms with Crippen LogP contribution in [0.25, 0.3) is 0 Å². The van der Waals surface area contributed by atoms with Crippen LogP contribution in [0.4, 0.5) is 11.4 Å². The van der Waals surface area contributed by atoms with Gasteiger partial charge in [-0.3, -0.25) is 4.79 Å². The van der Waals surface area contributed by atoms with Crippen LogP contribution >= 0.6 is 0 Å². The highest BCUT2D eigenvalue weighted by atomic mass is 16.5. The van der Waals surface area contributed by atoms with Crippen molar-refractivity contribution < 1.29 is 9.53 Å². The zero-order valence-corrected chi connectivity index (χ0v) is 12.7. The fourth-order valence-electron chi connectivity index (χ4n) is 3.15. The number of hydrogen-bond acceptors (Lipinski definition) is 3. The molecular weight excluding hydrogens is 264 g/mol. The first-order valence-electron chi connectivity index (χ1n) is 8.02. The van der Waals surface area contributed by atoms with Crippen molar-refractivity contribution in [2.24, 2.45) is 0 Å². The summed E-state index contributed by atoms with van der Waals surface area (Å²) in [5.41, 5.74) is 3.29. The van der Waals surface area contributed by atoms with E-state index in [9.17, 15) is 4.79 Å². The Labute approximate surface area is 126 Å². The Hall–Kier alpha value is -1.55. The molecule has 1 fully saturated rings. The summed E-state index contributed by atoms with van der Waals surface area (Å²) in [5, 5.41) is 6.55. The lowest BCUT2D eigenvalue weighted by molar-refractivity contribution is -0.119. The van der Waals surface area contributed by atoms with E-state index in [0.717, 1.165) is 50.1 Å². The molecule has 114 valence electrons. The molecule has 2 unspecified atom stereocenters. The van der Waals surface area contributed by atoms with Crippen molar-refractivity contribution in [1.82, 2.24) is 0 Å². The molecule has 1 aromatic rings. The number of para-hydroxylation sites is 1. The lowest BCUT2D eigenvalue weighted by atomic mass is 9.98. The predicted molar refractivity (Wildman–Crippen MR) is 84.7 cm³/mol. The normalized spacial score (nSPS) is 24.8. The van der Waals surface area contributed by atoms with Gasteiger partial charge in [-0.25, -0.2) is 0 Å². The third-order valence-corrected chi connectivity index (χ3v) is 4.35. The molecule has 2 atom stereocenters. The maximum absolute atomic E-state index is 12.2. The Morgan fingerprint density at radius 2 is 2.29 bits per heavy atom. The highest BCUT2D eigenvalue weighted by molar-refractivity contribution is 5.95. The molecule has 1 amide bonds. The highest BCUT2D eigenvalue weighted by Gasteiger charge is 2.20. The minimum Gasteiger partial charge on any atom is -0.381 e. The van der Waals surface area contributed by atoms with E-state index in [2.05, 4.69) is 23.6 Å². The van der Waals surface area contributed by atoms with Crippen molar-refractivity contribution >= 4 is 17.3 Å². The van der Waals surface area contributed by atoms with Crippen LogP contribution in [0.1, 0.15) is 44.6 Å². The lowest BCUT2D eigenvalue weighted by Crippen LogP contribution is -2.27. The third kappa shape index (κ3) is 3.56. The Morgan fingerprint density at radius 3 is 3.10 bits per heavy atom. The van der Waals surface area contributed by atoms with E-state index in [4.69, 9.17) is 4.74 Å². The van der Waals surface area contributed by atoms with Crippen molar-refractivity contribution in [2.45, 2.75) is 57.6 Å². The number of hydrogen-bond donors (Lipinski definition) is 2. The zero-order valence-electron chi connectivity index (χ0n) is 12.7. The van der Waals surface area contributed by atoms with E-state index in [1.807, 2.05) is 12.1 Å². The van der Waals surface area contributed by atoms with Crippen LogP contribution in [-0.4, -0.2) is 24.7 Å². The molecular formula is C17H24N2O2. The number of aryl methyl sites for hydroxylation is 1. The van der Waals surface area contributed by atoms with E-state index < -0.39 is 0 Å². The van der Waals surface area contributed by atoms with Gasteiger partial charge in [0.1, 0.15) is 0 Å². The largest absolute Gasteiger partial charge is 0.381 e. The number of fused-ring (bicyclic) bond motifs is 1. The van der Waals surface area contributed by atoms with Gasteiger partial charge < -0.3 is 15.4 Å². The molecule has 0 radical (unpaired) electrons. The molecule has 2 aliphatic heterocycles. The first-order valence-corrected chi connectivity index (χ1v) is 8.02. The summed E-state index contributed by atoms with van der Waals surface area (Å²) in [7, 11) is 0. The molecule has 1 aromatic carbocycles. The van der Waals surface area contributed by atoms with Crippen LogP contribution in [0.3, 0.4) is 0 Å². The summed E-state index contributed by atoms with van der Waals surface area (Å²) < 4.78 is 5.64. The smallest absolute Gasteiger partial charge is 0.227 e. The van der Waals surface area contributed by atoms with Gasteiger partial charge in [-0.05, 0) is 50.7 Å². The van der Waals surface area contributed by atoms with Crippen molar-refractivity contribution in [1.29, 1.82) is 0 Å². The van der Waals surface area contributed by atoms with Crippen LogP contribution in [0, 0.1) is 0 Å². The fourth-order valence-corrected chi connectivity index (χ4v) is 3.15. The average Bonchev–Trinajstić information content (AvgIpc) is 2.49. The summed E-state index contributed by atoms with van der Waals surface area (Å²) in [6.07, 6.45) is 6.03. The SMILES string of the molecule is CC1CCc2cccc(NC(=O)CC3CCCCO3)c2N1. The van der Waals surface area contributed by atoms with E-state index in [1.165, 1.54) is 5.56 Å². The van der Waals surface area contributed by atoms with Crippen molar-refractivity contribution in [3.8, 4) is 0 Å².